The molecule has 5 aromatic rings. The highest BCUT2D eigenvalue weighted by Crippen LogP contribution is 2.30. The molecule has 196 valence electrons. The quantitative estimate of drug-likeness (QED) is 0.315. The fourth-order valence-corrected chi connectivity index (χ4v) is 5.22. The van der Waals surface area contributed by atoms with Crippen molar-refractivity contribution in [3.8, 4) is 16.8 Å². The molecule has 1 saturated heterocycles. The van der Waals surface area contributed by atoms with Gasteiger partial charge in [-0.1, -0.05) is 30.3 Å². The van der Waals surface area contributed by atoms with E-state index in [1.807, 2.05) is 24.3 Å². The van der Waals surface area contributed by atoms with Gasteiger partial charge < -0.3 is 14.5 Å². The second-order valence-corrected chi connectivity index (χ2v) is 10.2. The van der Waals surface area contributed by atoms with Gasteiger partial charge in [-0.05, 0) is 73.3 Å². The van der Waals surface area contributed by atoms with Gasteiger partial charge in [-0.2, -0.15) is 0 Å². The second kappa shape index (κ2) is 10.4. The summed E-state index contributed by atoms with van der Waals surface area (Å²) >= 11 is 0. The van der Waals surface area contributed by atoms with E-state index in [1.165, 1.54) is 5.56 Å². The Morgan fingerprint density at radius 1 is 0.897 bits per heavy atom. The maximum atomic E-state index is 13.3. The first-order valence-corrected chi connectivity index (χ1v) is 13.1. The molecular formula is C32H30N4O3. The molecule has 7 nitrogen and oxygen atoms in total. The minimum atomic E-state index is -0.138. The summed E-state index contributed by atoms with van der Waals surface area (Å²) in [6, 6.07) is 25.4. The third-order valence-electron chi connectivity index (χ3n) is 7.17. The first kappa shape index (κ1) is 25.0. The molecule has 0 unspecified atom stereocenters. The lowest BCUT2D eigenvalue weighted by atomic mass is 10.0. The molecular weight excluding hydrogens is 488 g/mol. The van der Waals surface area contributed by atoms with E-state index in [2.05, 4.69) is 60.4 Å². The molecule has 1 aliphatic rings. The van der Waals surface area contributed by atoms with Crippen molar-refractivity contribution in [2.45, 2.75) is 6.54 Å². The third-order valence-corrected chi connectivity index (χ3v) is 7.17. The van der Waals surface area contributed by atoms with Gasteiger partial charge in [0.05, 0.1) is 24.2 Å². The van der Waals surface area contributed by atoms with Crippen molar-refractivity contribution in [1.29, 1.82) is 0 Å². The number of carbonyl (C=O) groups excluding carboxylic acids is 1. The highest BCUT2D eigenvalue weighted by molar-refractivity contribution is 6.05. The van der Waals surface area contributed by atoms with Gasteiger partial charge in [0.2, 0.25) is 0 Å². The van der Waals surface area contributed by atoms with E-state index in [0.717, 1.165) is 39.5 Å². The molecule has 7 heteroatoms. The number of hydrogen-bond acceptors (Lipinski definition) is 5. The largest absolute Gasteiger partial charge is 0.378 e. The molecule has 0 N–H and O–H groups in total. The number of pyridine rings is 2. The van der Waals surface area contributed by atoms with Crippen molar-refractivity contribution in [2.24, 2.45) is 0 Å². The zero-order valence-electron chi connectivity index (χ0n) is 22.1. The number of hydrogen-bond donors (Lipinski definition) is 0. The maximum absolute atomic E-state index is 13.3. The Morgan fingerprint density at radius 2 is 1.62 bits per heavy atom. The van der Waals surface area contributed by atoms with Gasteiger partial charge in [0.25, 0.3) is 11.5 Å². The Hall–Kier alpha value is -4.33. The molecule has 0 radical (unpaired) electrons. The molecule has 1 amide bonds. The maximum Gasteiger partial charge on any atom is 0.255 e. The first-order valence-electron chi connectivity index (χ1n) is 13.1. The van der Waals surface area contributed by atoms with Crippen molar-refractivity contribution < 1.29 is 9.53 Å². The molecule has 6 rings (SSSR count). The fraction of sp³-hybridized carbons (Fsp3) is 0.219. The fourth-order valence-electron chi connectivity index (χ4n) is 5.22. The Kier molecular flexibility index (Phi) is 6.69. The van der Waals surface area contributed by atoms with Gasteiger partial charge in [0.15, 0.2) is 0 Å². The number of morpholine rings is 1. The number of fused-ring (bicyclic) bond motifs is 3. The van der Waals surface area contributed by atoms with Gasteiger partial charge in [-0.15, -0.1) is 0 Å². The number of carbonyl (C=O) groups is 1. The minimum absolute atomic E-state index is 0.0222. The number of benzene rings is 3. The van der Waals surface area contributed by atoms with Crippen molar-refractivity contribution >= 4 is 27.7 Å². The number of nitrogens with zero attached hydrogens (tertiary/aromatic N) is 4. The smallest absolute Gasteiger partial charge is 0.255 e. The summed E-state index contributed by atoms with van der Waals surface area (Å²) in [5.74, 6) is -0.0222. The zero-order valence-corrected chi connectivity index (χ0v) is 22.1. The number of amides is 1. The topological polar surface area (TPSA) is 67.7 Å². The molecule has 0 atom stereocenters. The van der Waals surface area contributed by atoms with E-state index in [-0.39, 0.29) is 11.5 Å². The van der Waals surface area contributed by atoms with E-state index in [4.69, 9.17) is 4.74 Å². The van der Waals surface area contributed by atoms with Gasteiger partial charge in [0.1, 0.15) is 0 Å². The van der Waals surface area contributed by atoms with E-state index in [9.17, 15) is 9.59 Å². The zero-order chi connectivity index (χ0) is 26.9. The number of rotatable bonds is 5. The van der Waals surface area contributed by atoms with Crippen molar-refractivity contribution in [3.05, 3.63) is 107 Å². The Labute approximate surface area is 226 Å². The van der Waals surface area contributed by atoms with E-state index < -0.39 is 0 Å². The molecule has 0 bridgehead atoms. The molecule has 0 spiro atoms. The molecule has 1 fully saturated rings. The Bertz CT molecular complexity index is 1720. The van der Waals surface area contributed by atoms with Gasteiger partial charge in [-0.3, -0.25) is 19.1 Å². The summed E-state index contributed by atoms with van der Waals surface area (Å²) in [7, 11) is 4.12. The lowest BCUT2D eigenvalue weighted by Gasteiger charge is -2.26. The van der Waals surface area contributed by atoms with Crippen LogP contribution in [-0.2, 0) is 11.3 Å². The van der Waals surface area contributed by atoms with Crippen molar-refractivity contribution in [1.82, 2.24) is 19.4 Å². The average Bonchev–Trinajstić information content (AvgIpc) is 2.97. The van der Waals surface area contributed by atoms with Crippen LogP contribution < -0.4 is 5.56 Å². The molecule has 39 heavy (non-hydrogen) atoms. The standard InChI is InChI=1S/C32H30N4O3/c1-34(2)21-22-3-5-23(6-4-22)25-9-13-29-28(19-25)31-26(20-33-29)10-14-30(37)36(31)27-11-7-24(8-12-27)32(38)35-15-17-39-18-16-35/h3-14,19-20H,15-18,21H2,1-2H3. The molecule has 3 heterocycles. The highest BCUT2D eigenvalue weighted by Gasteiger charge is 2.19. The lowest BCUT2D eigenvalue weighted by molar-refractivity contribution is 0.0303. The molecule has 0 aliphatic carbocycles. The summed E-state index contributed by atoms with van der Waals surface area (Å²) in [6.07, 6.45) is 1.81. The monoisotopic (exact) mass is 518 g/mol. The molecule has 0 saturated carbocycles. The van der Waals surface area contributed by atoms with E-state index in [0.29, 0.717) is 37.6 Å². The van der Waals surface area contributed by atoms with Crippen LogP contribution in [0.5, 0.6) is 0 Å². The highest BCUT2D eigenvalue weighted by atomic mass is 16.5. The summed E-state index contributed by atoms with van der Waals surface area (Å²) in [5, 5.41) is 1.77. The van der Waals surface area contributed by atoms with Gasteiger partial charge in [-0.25, -0.2) is 0 Å². The van der Waals surface area contributed by atoms with Gasteiger partial charge >= 0.3 is 0 Å². The molecule has 3 aromatic carbocycles. The van der Waals surface area contributed by atoms with Crippen LogP contribution in [0.2, 0.25) is 0 Å². The average molecular weight is 519 g/mol. The van der Waals surface area contributed by atoms with Crippen LogP contribution in [0.1, 0.15) is 15.9 Å². The number of aromatic nitrogens is 2. The molecule has 1 aliphatic heterocycles. The van der Waals surface area contributed by atoms with Crippen molar-refractivity contribution in [3.63, 3.8) is 0 Å². The number of ether oxygens (including phenoxy) is 1. The summed E-state index contributed by atoms with van der Waals surface area (Å²) in [4.78, 5) is 34.8. The Balaban J connectivity index is 1.43. The van der Waals surface area contributed by atoms with Crippen LogP contribution in [-0.4, -0.2) is 65.7 Å². The summed E-state index contributed by atoms with van der Waals surface area (Å²) in [5.41, 5.74) is 6.19. The van der Waals surface area contributed by atoms with Crippen LogP contribution in [0.3, 0.4) is 0 Å². The van der Waals surface area contributed by atoms with Crippen LogP contribution in [0.15, 0.2) is 89.9 Å². The third kappa shape index (κ3) is 4.94. The summed E-state index contributed by atoms with van der Waals surface area (Å²) < 4.78 is 7.08. The minimum Gasteiger partial charge on any atom is -0.378 e. The summed E-state index contributed by atoms with van der Waals surface area (Å²) in [6.45, 7) is 3.17. The van der Waals surface area contributed by atoms with Crippen LogP contribution in [0, 0.1) is 0 Å². The predicted octanol–water partition coefficient (Wildman–Crippen LogP) is 4.74. The van der Waals surface area contributed by atoms with Crippen LogP contribution in [0.4, 0.5) is 0 Å². The van der Waals surface area contributed by atoms with E-state index >= 15 is 0 Å². The van der Waals surface area contributed by atoms with Gasteiger partial charge in [0, 0.05) is 53.9 Å². The van der Waals surface area contributed by atoms with E-state index in [1.54, 1.807) is 33.9 Å². The van der Waals surface area contributed by atoms with Crippen LogP contribution >= 0.6 is 0 Å². The first-order chi connectivity index (χ1) is 19.0. The van der Waals surface area contributed by atoms with Crippen molar-refractivity contribution in [2.75, 3.05) is 40.4 Å². The predicted molar refractivity (Wildman–Crippen MR) is 154 cm³/mol. The second-order valence-electron chi connectivity index (χ2n) is 10.2. The molecule has 2 aromatic heterocycles. The normalized spacial score (nSPS) is 13.9. The SMILES string of the molecule is CN(C)Cc1ccc(-c2ccc3ncc4ccc(=O)n(-c5ccc(C(=O)N6CCOCC6)cc5)c4c3c2)cc1. The van der Waals surface area contributed by atoms with Crippen LogP contribution in [0.25, 0.3) is 38.6 Å². The lowest BCUT2D eigenvalue weighted by Crippen LogP contribution is -2.40. The Morgan fingerprint density at radius 3 is 2.33 bits per heavy atom.